The second kappa shape index (κ2) is 8.53. The van der Waals surface area contributed by atoms with Crippen molar-refractivity contribution in [2.75, 3.05) is 33.7 Å². The summed E-state index contributed by atoms with van der Waals surface area (Å²) < 4.78 is 0. The van der Waals surface area contributed by atoms with Crippen molar-refractivity contribution in [3.8, 4) is 0 Å². The SMILES string of the molecule is CCC(C)NC(=NC)NCCN(C)CC. The van der Waals surface area contributed by atoms with Crippen LogP contribution in [0.4, 0.5) is 0 Å². The molecule has 0 saturated heterocycles. The largest absolute Gasteiger partial charge is 0.355 e. The van der Waals surface area contributed by atoms with Gasteiger partial charge in [0.15, 0.2) is 5.96 Å². The second-order valence-electron chi connectivity index (χ2n) is 3.85. The van der Waals surface area contributed by atoms with E-state index >= 15 is 0 Å². The topological polar surface area (TPSA) is 39.7 Å². The summed E-state index contributed by atoms with van der Waals surface area (Å²) in [5, 5.41) is 6.63. The van der Waals surface area contributed by atoms with Crippen LogP contribution in [0.2, 0.25) is 0 Å². The van der Waals surface area contributed by atoms with E-state index in [1.807, 2.05) is 0 Å². The maximum absolute atomic E-state index is 4.17. The van der Waals surface area contributed by atoms with Gasteiger partial charge in [0, 0.05) is 26.2 Å². The molecule has 4 nitrogen and oxygen atoms in total. The highest BCUT2D eigenvalue weighted by Crippen LogP contribution is 1.87. The molecule has 0 aliphatic rings. The molecule has 0 radical (unpaired) electrons. The first-order valence-corrected chi connectivity index (χ1v) is 5.79. The summed E-state index contributed by atoms with van der Waals surface area (Å²) in [6.45, 7) is 9.53. The predicted molar refractivity (Wildman–Crippen MR) is 67.4 cm³/mol. The van der Waals surface area contributed by atoms with Gasteiger partial charge in [-0.2, -0.15) is 0 Å². The molecule has 0 amide bonds. The molecular formula is C11H26N4. The predicted octanol–water partition coefficient (Wildman–Crippen LogP) is 0.902. The van der Waals surface area contributed by atoms with Crippen LogP contribution in [-0.4, -0.2) is 50.6 Å². The van der Waals surface area contributed by atoms with Gasteiger partial charge in [0.05, 0.1) is 0 Å². The smallest absolute Gasteiger partial charge is 0.191 e. The van der Waals surface area contributed by atoms with Crippen LogP contribution in [0.1, 0.15) is 27.2 Å². The highest BCUT2D eigenvalue weighted by Gasteiger charge is 2.02. The van der Waals surface area contributed by atoms with Crippen LogP contribution in [0, 0.1) is 0 Å². The zero-order chi connectivity index (χ0) is 11.7. The van der Waals surface area contributed by atoms with E-state index in [1.54, 1.807) is 7.05 Å². The van der Waals surface area contributed by atoms with Crippen LogP contribution in [0.5, 0.6) is 0 Å². The zero-order valence-electron chi connectivity index (χ0n) is 10.8. The molecular weight excluding hydrogens is 188 g/mol. The lowest BCUT2D eigenvalue weighted by Crippen LogP contribution is -2.44. The summed E-state index contributed by atoms with van der Waals surface area (Å²) in [7, 11) is 3.92. The van der Waals surface area contributed by atoms with Crippen molar-refractivity contribution in [3.63, 3.8) is 0 Å². The van der Waals surface area contributed by atoms with Crippen molar-refractivity contribution in [1.82, 2.24) is 15.5 Å². The van der Waals surface area contributed by atoms with E-state index in [2.05, 4.69) is 48.3 Å². The van der Waals surface area contributed by atoms with Crippen molar-refractivity contribution >= 4 is 5.96 Å². The Kier molecular flexibility index (Phi) is 8.09. The molecule has 0 heterocycles. The molecule has 15 heavy (non-hydrogen) atoms. The van der Waals surface area contributed by atoms with Crippen molar-refractivity contribution < 1.29 is 0 Å². The molecule has 0 aliphatic carbocycles. The summed E-state index contributed by atoms with van der Waals surface area (Å²) in [5.74, 6) is 0.897. The summed E-state index contributed by atoms with van der Waals surface area (Å²) in [6, 6.07) is 0.472. The summed E-state index contributed by atoms with van der Waals surface area (Å²) in [5.41, 5.74) is 0. The minimum atomic E-state index is 0.472. The highest BCUT2D eigenvalue weighted by atomic mass is 15.2. The number of hydrogen-bond acceptors (Lipinski definition) is 2. The number of guanidine groups is 1. The Labute approximate surface area is 94.1 Å². The molecule has 4 heteroatoms. The first-order chi connectivity index (χ1) is 7.13. The van der Waals surface area contributed by atoms with Crippen LogP contribution in [0.25, 0.3) is 0 Å². The molecule has 0 spiro atoms. The van der Waals surface area contributed by atoms with Gasteiger partial charge in [-0.3, -0.25) is 4.99 Å². The molecule has 1 unspecified atom stereocenters. The maximum Gasteiger partial charge on any atom is 0.191 e. The zero-order valence-corrected chi connectivity index (χ0v) is 10.8. The van der Waals surface area contributed by atoms with Crippen molar-refractivity contribution in [2.24, 2.45) is 4.99 Å². The van der Waals surface area contributed by atoms with Gasteiger partial charge >= 0.3 is 0 Å². The number of nitrogens with zero attached hydrogens (tertiary/aromatic N) is 2. The Morgan fingerprint density at radius 3 is 2.53 bits per heavy atom. The standard InChI is InChI=1S/C11H26N4/c1-6-10(3)14-11(12-4)13-8-9-15(5)7-2/h10H,6-9H2,1-5H3,(H2,12,13,14). The third-order valence-corrected chi connectivity index (χ3v) is 2.54. The lowest BCUT2D eigenvalue weighted by atomic mass is 10.3. The quantitative estimate of drug-likeness (QED) is 0.510. The molecule has 0 aliphatic heterocycles. The van der Waals surface area contributed by atoms with Crippen LogP contribution in [0.3, 0.4) is 0 Å². The van der Waals surface area contributed by atoms with E-state index in [9.17, 15) is 0 Å². The van der Waals surface area contributed by atoms with Gasteiger partial charge < -0.3 is 15.5 Å². The lowest BCUT2D eigenvalue weighted by molar-refractivity contribution is 0.357. The Hall–Kier alpha value is -0.770. The first-order valence-electron chi connectivity index (χ1n) is 5.79. The third kappa shape index (κ3) is 7.19. The van der Waals surface area contributed by atoms with Crippen LogP contribution in [-0.2, 0) is 0 Å². The number of nitrogens with one attached hydrogen (secondary N) is 2. The molecule has 90 valence electrons. The normalized spacial score (nSPS) is 14.1. The Bertz CT molecular complexity index is 179. The van der Waals surface area contributed by atoms with E-state index in [4.69, 9.17) is 0 Å². The molecule has 2 N–H and O–H groups in total. The highest BCUT2D eigenvalue weighted by molar-refractivity contribution is 5.79. The average molecular weight is 214 g/mol. The third-order valence-electron chi connectivity index (χ3n) is 2.54. The number of aliphatic imine (C=N–C) groups is 1. The fraction of sp³-hybridized carbons (Fsp3) is 0.909. The van der Waals surface area contributed by atoms with Crippen molar-refractivity contribution in [1.29, 1.82) is 0 Å². The van der Waals surface area contributed by atoms with Gasteiger partial charge in [-0.15, -0.1) is 0 Å². The van der Waals surface area contributed by atoms with E-state index in [0.29, 0.717) is 6.04 Å². The lowest BCUT2D eigenvalue weighted by Gasteiger charge is -2.18. The minimum Gasteiger partial charge on any atom is -0.355 e. The van der Waals surface area contributed by atoms with E-state index in [1.165, 1.54) is 0 Å². The molecule has 0 saturated carbocycles. The molecule has 0 aromatic heterocycles. The average Bonchev–Trinajstić information content (AvgIpc) is 2.26. The molecule has 0 bridgehead atoms. The Morgan fingerprint density at radius 1 is 1.40 bits per heavy atom. The monoisotopic (exact) mass is 214 g/mol. The van der Waals surface area contributed by atoms with Gasteiger partial charge in [0.25, 0.3) is 0 Å². The Balaban J connectivity index is 3.72. The summed E-state index contributed by atoms with van der Waals surface area (Å²) >= 11 is 0. The van der Waals surface area contributed by atoms with Crippen LogP contribution in [0.15, 0.2) is 4.99 Å². The maximum atomic E-state index is 4.17. The van der Waals surface area contributed by atoms with Crippen LogP contribution >= 0.6 is 0 Å². The van der Waals surface area contributed by atoms with Gasteiger partial charge in [-0.1, -0.05) is 13.8 Å². The van der Waals surface area contributed by atoms with Gasteiger partial charge in [-0.25, -0.2) is 0 Å². The molecule has 0 aromatic carbocycles. The first kappa shape index (κ1) is 14.2. The minimum absolute atomic E-state index is 0.472. The van der Waals surface area contributed by atoms with Crippen molar-refractivity contribution in [2.45, 2.75) is 33.2 Å². The second-order valence-corrected chi connectivity index (χ2v) is 3.85. The number of rotatable bonds is 6. The summed E-state index contributed by atoms with van der Waals surface area (Å²) in [4.78, 5) is 6.44. The number of hydrogen-bond donors (Lipinski definition) is 2. The Morgan fingerprint density at radius 2 is 2.07 bits per heavy atom. The number of likely N-dealkylation sites (N-methyl/N-ethyl adjacent to an activating group) is 1. The van der Waals surface area contributed by atoms with E-state index < -0.39 is 0 Å². The van der Waals surface area contributed by atoms with E-state index in [-0.39, 0.29) is 0 Å². The van der Waals surface area contributed by atoms with E-state index in [0.717, 1.165) is 32.0 Å². The van der Waals surface area contributed by atoms with Gasteiger partial charge in [0.2, 0.25) is 0 Å². The molecule has 1 atom stereocenters. The van der Waals surface area contributed by atoms with Crippen LogP contribution < -0.4 is 10.6 Å². The van der Waals surface area contributed by atoms with Gasteiger partial charge in [0.1, 0.15) is 0 Å². The molecule has 0 aromatic rings. The summed E-state index contributed by atoms with van der Waals surface area (Å²) in [6.07, 6.45) is 1.11. The fourth-order valence-electron chi connectivity index (χ4n) is 1.05. The van der Waals surface area contributed by atoms with Crippen molar-refractivity contribution in [3.05, 3.63) is 0 Å². The molecule has 0 fully saturated rings. The molecule has 0 rings (SSSR count). The fourth-order valence-corrected chi connectivity index (χ4v) is 1.05. The van der Waals surface area contributed by atoms with Gasteiger partial charge in [-0.05, 0) is 26.9 Å².